The number of amides is 1. The Morgan fingerprint density at radius 1 is 1.39 bits per heavy atom. The number of rotatable bonds is 6. The summed E-state index contributed by atoms with van der Waals surface area (Å²) < 4.78 is 13.7. The third kappa shape index (κ3) is 4.45. The van der Waals surface area contributed by atoms with Gasteiger partial charge in [0.05, 0.1) is 0 Å². The molecule has 0 radical (unpaired) electrons. The highest BCUT2D eigenvalue weighted by atomic mass is 19.1. The third-order valence-electron chi connectivity index (χ3n) is 2.80. The van der Waals surface area contributed by atoms with Crippen LogP contribution < -0.4 is 11.1 Å². The molecule has 1 atom stereocenters. The average Bonchev–Trinajstić information content (AvgIpc) is 2.26. The maximum absolute atomic E-state index is 13.7. The SMILES string of the molecule is CC(C)CC(C)NCc1ccc(C(N)=O)cc1F. The molecule has 100 valence electrons. The van der Waals surface area contributed by atoms with Gasteiger partial charge in [-0.05, 0) is 31.4 Å². The molecule has 0 heterocycles. The molecule has 3 nitrogen and oxygen atoms in total. The number of primary amides is 1. The van der Waals surface area contributed by atoms with Gasteiger partial charge in [-0.1, -0.05) is 19.9 Å². The molecule has 3 N–H and O–H groups in total. The van der Waals surface area contributed by atoms with Gasteiger partial charge in [0.25, 0.3) is 0 Å². The molecular weight excluding hydrogens is 231 g/mol. The molecule has 1 unspecified atom stereocenters. The Bertz CT molecular complexity index is 418. The van der Waals surface area contributed by atoms with Crippen molar-refractivity contribution in [2.45, 2.75) is 39.8 Å². The smallest absolute Gasteiger partial charge is 0.248 e. The van der Waals surface area contributed by atoms with Crippen molar-refractivity contribution < 1.29 is 9.18 Å². The molecule has 1 rings (SSSR count). The highest BCUT2D eigenvalue weighted by Gasteiger charge is 2.09. The van der Waals surface area contributed by atoms with Crippen LogP contribution in [0.5, 0.6) is 0 Å². The molecular formula is C14H21FN2O. The lowest BCUT2D eigenvalue weighted by Crippen LogP contribution is -2.27. The van der Waals surface area contributed by atoms with E-state index in [-0.39, 0.29) is 5.56 Å². The van der Waals surface area contributed by atoms with E-state index in [1.54, 1.807) is 12.1 Å². The van der Waals surface area contributed by atoms with Crippen molar-refractivity contribution in [3.05, 3.63) is 35.1 Å². The van der Waals surface area contributed by atoms with Crippen LogP contribution in [0.25, 0.3) is 0 Å². The molecule has 1 aromatic rings. The Kier molecular flexibility index (Phi) is 5.28. The number of hydrogen-bond donors (Lipinski definition) is 2. The molecule has 0 saturated carbocycles. The lowest BCUT2D eigenvalue weighted by atomic mass is 10.0. The topological polar surface area (TPSA) is 55.1 Å². The summed E-state index contributed by atoms with van der Waals surface area (Å²) in [5.41, 5.74) is 5.84. The molecule has 0 aliphatic rings. The second-order valence-corrected chi connectivity index (χ2v) is 5.08. The van der Waals surface area contributed by atoms with Crippen molar-refractivity contribution in [1.82, 2.24) is 5.32 Å². The second kappa shape index (κ2) is 6.50. The number of carbonyl (C=O) groups excluding carboxylic acids is 1. The number of halogens is 1. The van der Waals surface area contributed by atoms with E-state index in [4.69, 9.17) is 5.73 Å². The van der Waals surface area contributed by atoms with Crippen LogP contribution in [0.1, 0.15) is 43.1 Å². The zero-order chi connectivity index (χ0) is 13.7. The molecule has 0 aromatic heterocycles. The Morgan fingerprint density at radius 2 is 2.06 bits per heavy atom. The fourth-order valence-corrected chi connectivity index (χ4v) is 1.92. The van der Waals surface area contributed by atoms with Crippen LogP contribution in [0.3, 0.4) is 0 Å². The minimum atomic E-state index is -0.610. The van der Waals surface area contributed by atoms with Gasteiger partial charge in [-0.15, -0.1) is 0 Å². The molecule has 0 spiro atoms. The fraction of sp³-hybridized carbons (Fsp3) is 0.500. The van der Waals surface area contributed by atoms with E-state index in [1.807, 2.05) is 0 Å². The minimum absolute atomic E-state index is 0.200. The highest BCUT2D eigenvalue weighted by molar-refractivity contribution is 5.92. The van der Waals surface area contributed by atoms with E-state index < -0.39 is 11.7 Å². The van der Waals surface area contributed by atoms with Crippen LogP contribution in [0.2, 0.25) is 0 Å². The summed E-state index contributed by atoms with van der Waals surface area (Å²) in [4.78, 5) is 10.9. The van der Waals surface area contributed by atoms with Gasteiger partial charge >= 0.3 is 0 Å². The molecule has 0 bridgehead atoms. The maximum atomic E-state index is 13.7. The number of nitrogens with two attached hydrogens (primary N) is 1. The van der Waals surface area contributed by atoms with Crippen molar-refractivity contribution in [2.75, 3.05) is 0 Å². The van der Waals surface area contributed by atoms with E-state index in [9.17, 15) is 9.18 Å². The van der Waals surface area contributed by atoms with E-state index in [0.717, 1.165) is 6.42 Å². The fourth-order valence-electron chi connectivity index (χ4n) is 1.92. The van der Waals surface area contributed by atoms with Gasteiger partial charge in [0.1, 0.15) is 5.82 Å². The first-order valence-corrected chi connectivity index (χ1v) is 6.21. The maximum Gasteiger partial charge on any atom is 0.248 e. The largest absolute Gasteiger partial charge is 0.366 e. The monoisotopic (exact) mass is 252 g/mol. The predicted molar refractivity (Wildman–Crippen MR) is 70.7 cm³/mol. The standard InChI is InChI=1S/C14H21FN2O/c1-9(2)6-10(3)17-8-12-5-4-11(14(16)18)7-13(12)15/h4-5,7,9-10,17H,6,8H2,1-3H3,(H2,16,18). The lowest BCUT2D eigenvalue weighted by Gasteiger charge is -2.16. The van der Waals surface area contributed by atoms with E-state index in [1.165, 1.54) is 6.07 Å². The van der Waals surface area contributed by atoms with Crippen LogP contribution in [0.15, 0.2) is 18.2 Å². The normalized spacial score (nSPS) is 12.7. The van der Waals surface area contributed by atoms with Gasteiger partial charge in [-0.2, -0.15) is 0 Å². The first-order valence-electron chi connectivity index (χ1n) is 6.21. The summed E-state index contributed by atoms with van der Waals surface area (Å²) in [6.45, 7) is 6.84. The predicted octanol–water partition coefficient (Wildman–Crippen LogP) is 2.45. The van der Waals surface area contributed by atoms with Gasteiger partial charge in [-0.25, -0.2) is 4.39 Å². The Hall–Kier alpha value is -1.42. The molecule has 0 aliphatic carbocycles. The van der Waals surface area contributed by atoms with Crippen LogP contribution in [0, 0.1) is 11.7 Å². The Labute approximate surface area is 108 Å². The number of carbonyl (C=O) groups is 1. The number of nitrogens with one attached hydrogen (secondary N) is 1. The van der Waals surface area contributed by atoms with Crippen LogP contribution in [-0.4, -0.2) is 11.9 Å². The van der Waals surface area contributed by atoms with E-state index in [0.29, 0.717) is 24.1 Å². The molecule has 1 amide bonds. The van der Waals surface area contributed by atoms with Crippen LogP contribution >= 0.6 is 0 Å². The zero-order valence-corrected chi connectivity index (χ0v) is 11.2. The van der Waals surface area contributed by atoms with Crippen molar-refractivity contribution in [1.29, 1.82) is 0 Å². The zero-order valence-electron chi connectivity index (χ0n) is 11.2. The highest BCUT2D eigenvalue weighted by Crippen LogP contribution is 2.11. The van der Waals surface area contributed by atoms with Gasteiger partial charge in [0.2, 0.25) is 5.91 Å². The first kappa shape index (κ1) is 14.6. The van der Waals surface area contributed by atoms with Gasteiger partial charge in [-0.3, -0.25) is 4.79 Å². The van der Waals surface area contributed by atoms with Crippen molar-refractivity contribution >= 4 is 5.91 Å². The van der Waals surface area contributed by atoms with Crippen LogP contribution in [-0.2, 0) is 6.54 Å². The molecule has 0 aliphatic heterocycles. The van der Waals surface area contributed by atoms with Crippen LogP contribution in [0.4, 0.5) is 4.39 Å². The number of benzene rings is 1. The number of hydrogen-bond acceptors (Lipinski definition) is 2. The Balaban J connectivity index is 2.60. The van der Waals surface area contributed by atoms with Crippen molar-refractivity contribution in [3.63, 3.8) is 0 Å². The van der Waals surface area contributed by atoms with Crippen molar-refractivity contribution in [2.24, 2.45) is 11.7 Å². The summed E-state index contributed by atoms with van der Waals surface area (Å²) in [6, 6.07) is 4.67. The van der Waals surface area contributed by atoms with Gasteiger partial charge < -0.3 is 11.1 Å². The van der Waals surface area contributed by atoms with Gasteiger partial charge in [0.15, 0.2) is 0 Å². The summed E-state index contributed by atoms with van der Waals surface area (Å²) in [5.74, 6) is -0.397. The third-order valence-corrected chi connectivity index (χ3v) is 2.80. The van der Waals surface area contributed by atoms with Crippen molar-refractivity contribution in [3.8, 4) is 0 Å². The van der Waals surface area contributed by atoms with Gasteiger partial charge in [0, 0.05) is 23.7 Å². The first-order chi connectivity index (χ1) is 8.40. The average molecular weight is 252 g/mol. The Morgan fingerprint density at radius 3 is 2.56 bits per heavy atom. The molecule has 0 fully saturated rings. The molecule has 1 aromatic carbocycles. The van der Waals surface area contributed by atoms with E-state index >= 15 is 0 Å². The second-order valence-electron chi connectivity index (χ2n) is 5.08. The molecule has 4 heteroatoms. The summed E-state index contributed by atoms with van der Waals surface area (Å²) in [5, 5.41) is 3.26. The molecule has 0 saturated heterocycles. The summed E-state index contributed by atoms with van der Waals surface area (Å²) >= 11 is 0. The minimum Gasteiger partial charge on any atom is -0.366 e. The summed E-state index contributed by atoms with van der Waals surface area (Å²) in [6.07, 6.45) is 1.04. The summed E-state index contributed by atoms with van der Waals surface area (Å²) in [7, 11) is 0. The lowest BCUT2D eigenvalue weighted by molar-refractivity contribution is 0.1000. The quantitative estimate of drug-likeness (QED) is 0.817. The molecule has 18 heavy (non-hydrogen) atoms. The van der Waals surface area contributed by atoms with E-state index in [2.05, 4.69) is 26.1 Å².